The predicted molar refractivity (Wildman–Crippen MR) is 352 cm³/mol. The molecule has 12 heteroatoms. The van der Waals surface area contributed by atoms with E-state index < -0.39 is 64.4 Å². The van der Waals surface area contributed by atoms with Crippen LogP contribution in [-0.4, -0.2) is 66.5 Å². The molecule has 0 aromatic carbocycles. The molecule has 0 aromatic rings. The average molecular weight is 1190 g/mol. The van der Waals surface area contributed by atoms with Crippen LogP contribution in [0.3, 0.4) is 0 Å². The lowest BCUT2D eigenvalue weighted by Crippen LogP contribution is -2.30. The van der Waals surface area contributed by atoms with Gasteiger partial charge in [-0.2, -0.15) is 0 Å². The highest BCUT2D eigenvalue weighted by Gasteiger charge is 2.28. The molecule has 0 amide bonds. The molecular weight excluding hydrogens is 1070 g/mol. The minimum Gasteiger partial charge on any atom is -0.462 e. The maximum Gasteiger partial charge on any atom is 0.472 e. The van der Waals surface area contributed by atoms with E-state index in [-0.39, 0.29) is 19.3 Å². The highest BCUT2D eigenvalue weighted by Crippen LogP contribution is 2.43. The monoisotopic (exact) mass is 1190 g/mol. The Morgan fingerprint density at radius 1 is 0.345 bits per heavy atom. The molecule has 0 spiro atoms. The van der Waals surface area contributed by atoms with E-state index in [1.54, 1.807) is 0 Å². The van der Waals surface area contributed by atoms with E-state index in [1.807, 2.05) is 12.2 Å². The van der Waals surface area contributed by atoms with Crippen LogP contribution < -0.4 is 0 Å². The molecule has 0 saturated heterocycles. The van der Waals surface area contributed by atoms with E-state index in [4.69, 9.17) is 23.3 Å². The van der Waals surface area contributed by atoms with Crippen LogP contribution in [0.1, 0.15) is 239 Å². The highest BCUT2D eigenvalue weighted by atomic mass is 31.2. The first kappa shape index (κ1) is 79.1. The molecule has 0 rings (SSSR count). The molecule has 3 atom stereocenters. The number of phosphoric ester groups is 1. The zero-order valence-electron chi connectivity index (χ0n) is 52.6. The van der Waals surface area contributed by atoms with Gasteiger partial charge in [0.05, 0.1) is 19.8 Å². The molecular formula is C72H115O11P. The Kier molecular flexibility index (Phi) is 60.4. The normalized spacial score (nSPS) is 14.3. The maximum atomic E-state index is 13.0. The summed E-state index contributed by atoms with van der Waals surface area (Å²) in [5.74, 6) is -1.62. The Hall–Kier alpha value is -4.90. The Morgan fingerprint density at radius 2 is 0.643 bits per heavy atom. The van der Waals surface area contributed by atoms with E-state index in [0.717, 1.165) is 122 Å². The molecule has 84 heavy (non-hydrogen) atoms. The smallest absolute Gasteiger partial charge is 0.462 e. The van der Waals surface area contributed by atoms with Crippen LogP contribution in [0.2, 0.25) is 0 Å². The fourth-order valence-corrected chi connectivity index (χ4v) is 8.87. The van der Waals surface area contributed by atoms with Gasteiger partial charge in [0.2, 0.25) is 0 Å². The third kappa shape index (κ3) is 61.7. The standard InChI is InChI=1S/C72H115O11P/c1-4-7-10-13-16-19-22-25-28-31-34-37-40-43-46-49-52-55-58-61-70(74)79-65-69(83-72(76)63-60-57-54-51-48-45-42-39-36-33-30-27-24-21-18-15-12-9-6-3)67-81-84(77,78)80-66-68(64-73)82-71(75)62-59-56-53-50-47-44-41-38-35-32-29-26-23-20-17-14-11-8-5-2/h7,9-10,12,16-21,25-30,34,36-37,39,43,45-46,48,52,55,68-69,73H,4-6,8,11,13-15,22-24,31-33,35,38,40-42,44,47,49-51,53-54,56-67H2,1-3H3,(H,77,78)/b10-7-,12-9-,19-16-,20-17-,21-18-,28-25-,29-26-,30-27-,37-34-,39-36-,46-43-,48-45-,55-52-. The van der Waals surface area contributed by atoms with Crippen molar-refractivity contribution in [3.63, 3.8) is 0 Å². The zero-order valence-corrected chi connectivity index (χ0v) is 53.4. The molecule has 0 heterocycles. The maximum absolute atomic E-state index is 13.0. The van der Waals surface area contributed by atoms with Crippen molar-refractivity contribution in [2.45, 2.75) is 251 Å². The molecule has 474 valence electrons. The number of esters is 3. The summed E-state index contributed by atoms with van der Waals surface area (Å²) in [7, 11) is -4.79. The van der Waals surface area contributed by atoms with Crippen molar-refractivity contribution in [1.82, 2.24) is 0 Å². The topological polar surface area (TPSA) is 155 Å². The van der Waals surface area contributed by atoms with Crippen molar-refractivity contribution in [2.75, 3.05) is 26.4 Å². The minimum absolute atomic E-state index is 0.0845. The van der Waals surface area contributed by atoms with Gasteiger partial charge in [0, 0.05) is 19.3 Å². The molecule has 2 N–H and O–H groups in total. The summed E-state index contributed by atoms with van der Waals surface area (Å²) >= 11 is 0. The number of hydrogen-bond acceptors (Lipinski definition) is 10. The van der Waals surface area contributed by atoms with E-state index in [1.165, 1.54) is 57.8 Å². The van der Waals surface area contributed by atoms with E-state index in [2.05, 4.69) is 167 Å². The third-order valence-electron chi connectivity index (χ3n) is 12.9. The van der Waals surface area contributed by atoms with Crippen molar-refractivity contribution < 1.29 is 52.2 Å². The molecule has 0 fully saturated rings. The van der Waals surface area contributed by atoms with Crippen LogP contribution >= 0.6 is 7.82 Å². The molecule has 0 radical (unpaired) electrons. The summed E-state index contributed by atoms with van der Waals surface area (Å²) in [6.07, 6.45) is 84.9. The van der Waals surface area contributed by atoms with Crippen LogP contribution in [0.5, 0.6) is 0 Å². The van der Waals surface area contributed by atoms with Crippen LogP contribution in [0.25, 0.3) is 0 Å². The van der Waals surface area contributed by atoms with Gasteiger partial charge in [-0.05, 0) is 135 Å². The second-order valence-electron chi connectivity index (χ2n) is 20.8. The van der Waals surface area contributed by atoms with Gasteiger partial charge >= 0.3 is 25.7 Å². The SMILES string of the molecule is CC/C=C\C/C=C\C/C=C\C/C=C\C/C=C\C/C=C\CCC(=O)OCC(COP(=O)(O)OCC(CO)OC(=O)CCCCCCCCCCC/C=C\C/C=C\CCCCC)OC(=O)CCCCC/C=C\C/C=C\C/C=C\C/C=C\C/C=C\CC. The van der Waals surface area contributed by atoms with Crippen molar-refractivity contribution in [3.8, 4) is 0 Å². The zero-order chi connectivity index (χ0) is 61.2. The number of unbranched alkanes of at least 4 members (excludes halogenated alkanes) is 15. The third-order valence-corrected chi connectivity index (χ3v) is 13.9. The van der Waals surface area contributed by atoms with Gasteiger partial charge in [-0.25, -0.2) is 4.57 Å². The number of aliphatic hydroxyl groups is 1. The number of carbonyl (C=O) groups excluding carboxylic acids is 3. The summed E-state index contributed by atoms with van der Waals surface area (Å²) in [6, 6.07) is 0. The van der Waals surface area contributed by atoms with E-state index >= 15 is 0 Å². The van der Waals surface area contributed by atoms with Crippen molar-refractivity contribution >= 4 is 25.7 Å². The van der Waals surface area contributed by atoms with Gasteiger partial charge in [-0.15, -0.1) is 0 Å². The lowest BCUT2D eigenvalue weighted by Gasteiger charge is -2.21. The summed E-state index contributed by atoms with van der Waals surface area (Å²) < 4.78 is 39.6. The summed E-state index contributed by atoms with van der Waals surface area (Å²) in [6.45, 7) is 4.27. The second kappa shape index (κ2) is 64.1. The lowest BCUT2D eigenvalue weighted by atomic mass is 10.1. The minimum atomic E-state index is -4.79. The Morgan fingerprint density at radius 3 is 1.01 bits per heavy atom. The summed E-state index contributed by atoms with van der Waals surface area (Å²) in [5, 5.41) is 9.87. The molecule has 0 saturated carbocycles. The summed E-state index contributed by atoms with van der Waals surface area (Å²) in [5.41, 5.74) is 0. The molecule has 11 nitrogen and oxygen atoms in total. The largest absolute Gasteiger partial charge is 0.472 e. The quantitative estimate of drug-likeness (QED) is 0.0197. The number of carbonyl (C=O) groups is 3. The molecule has 0 aliphatic heterocycles. The Balaban J connectivity index is 4.86. The molecule has 0 aliphatic rings. The van der Waals surface area contributed by atoms with Gasteiger partial charge < -0.3 is 24.2 Å². The number of aliphatic hydroxyl groups excluding tert-OH is 1. The van der Waals surface area contributed by atoms with Crippen LogP contribution in [-0.2, 0) is 42.2 Å². The van der Waals surface area contributed by atoms with Gasteiger partial charge in [0.25, 0.3) is 0 Å². The fraction of sp³-hybridized carbons (Fsp3) is 0.597. The van der Waals surface area contributed by atoms with Crippen LogP contribution in [0.15, 0.2) is 158 Å². The number of allylic oxidation sites excluding steroid dienone is 26. The van der Waals surface area contributed by atoms with Gasteiger partial charge in [-0.1, -0.05) is 243 Å². The van der Waals surface area contributed by atoms with Crippen molar-refractivity contribution in [1.29, 1.82) is 0 Å². The summed E-state index contributed by atoms with van der Waals surface area (Å²) in [4.78, 5) is 48.8. The second-order valence-corrected chi connectivity index (χ2v) is 22.3. The Labute approximate surface area is 511 Å². The Bertz CT molecular complexity index is 2020. The average Bonchev–Trinajstić information content (AvgIpc) is 3.55. The number of ether oxygens (including phenoxy) is 3. The van der Waals surface area contributed by atoms with E-state index in [0.29, 0.717) is 19.3 Å². The van der Waals surface area contributed by atoms with E-state index in [9.17, 15) is 28.9 Å². The lowest BCUT2D eigenvalue weighted by molar-refractivity contribution is -0.161. The molecule has 3 unspecified atom stereocenters. The van der Waals surface area contributed by atoms with Crippen molar-refractivity contribution in [2.24, 2.45) is 0 Å². The van der Waals surface area contributed by atoms with Gasteiger partial charge in [0.15, 0.2) is 6.10 Å². The van der Waals surface area contributed by atoms with Crippen molar-refractivity contribution in [3.05, 3.63) is 158 Å². The molecule has 0 bridgehead atoms. The number of rotatable bonds is 58. The predicted octanol–water partition coefficient (Wildman–Crippen LogP) is 20.0. The first-order valence-corrected chi connectivity index (χ1v) is 33.9. The number of phosphoric acid groups is 1. The van der Waals surface area contributed by atoms with Crippen LogP contribution in [0, 0.1) is 0 Å². The van der Waals surface area contributed by atoms with Crippen LogP contribution in [0.4, 0.5) is 0 Å². The first-order chi connectivity index (χ1) is 41.2. The fourth-order valence-electron chi connectivity index (χ4n) is 8.09. The molecule has 0 aromatic heterocycles. The molecule has 0 aliphatic carbocycles. The highest BCUT2D eigenvalue weighted by molar-refractivity contribution is 7.47. The number of hydrogen-bond donors (Lipinski definition) is 2. The van der Waals surface area contributed by atoms with Gasteiger partial charge in [0.1, 0.15) is 12.7 Å². The van der Waals surface area contributed by atoms with Gasteiger partial charge in [-0.3, -0.25) is 23.4 Å². The first-order valence-electron chi connectivity index (χ1n) is 32.4.